The van der Waals surface area contributed by atoms with Crippen LogP contribution in [-0.2, 0) is 0 Å². The Morgan fingerprint density at radius 2 is 1.83 bits per heavy atom. The smallest absolute Gasteiger partial charge is 0.267 e. The molecule has 1 aromatic heterocycles. The van der Waals surface area contributed by atoms with Crippen LogP contribution in [0.15, 0.2) is 59.4 Å². The van der Waals surface area contributed by atoms with Gasteiger partial charge in [0.2, 0.25) is 0 Å². The molecule has 0 fully saturated rings. The van der Waals surface area contributed by atoms with Crippen LogP contribution in [-0.4, -0.2) is 14.7 Å². The van der Waals surface area contributed by atoms with Gasteiger partial charge in [0.25, 0.3) is 11.2 Å². The van der Waals surface area contributed by atoms with Crippen molar-refractivity contribution in [2.75, 3.05) is 0 Å². The molecule has 0 aliphatic heterocycles. The lowest BCUT2D eigenvalue weighted by Crippen LogP contribution is -2.21. The van der Waals surface area contributed by atoms with Gasteiger partial charge in [-0.25, -0.2) is 0 Å². The molecular weight excluding hydrogens is 330 g/mol. The molecular formula is C17H12ClN3O3. The predicted molar refractivity (Wildman–Crippen MR) is 91.7 cm³/mol. The lowest BCUT2D eigenvalue weighted by atomic mass is 10.0. The van der Waals surface area contributed by atoms with Crippen molar-refractivity contribution in [3.05, 3.63) is 85.8 Å². The lowest BCUT2D eigenvalue weighted by molar-refractivity contribution is -0.384. The first-order valence-corrected chi connectivity index (χ1v) is 7.45. The van der Waals surface area contributed by atoms with Crippen molar-refractivity contribution >= 4 is 17.3 Å². The van der Waals surface area contributed by atoms with Crippen molar-refractivity contribution in [2.45, 2.75) is 6.92 Å². The van der Waals surface area contributed by atoms with E-state index in [1.807, 2.05) is 0 Å². The quantitative estimate of drug-likeness (QED) is 0.536. The van der Waals surface area contributed by atoms with E-state index in [1.165, 1.54) is 22.9 Å². The van der Waals surface area contributed by atoms with E-state index in [0.29, 0.717) is 27.5 Å². The van der Waals surface area contributed by atoms with Crippen LogP contribution in [0.4, 0.5) is 5.69 Å². The second-order valence-corrected chi connectivity index (χ2v) is 5.61. The molecule has 0 unspecified atom stereocenters. The molecule has 3 rings (SSSR count). The maximum absolute atomic E-state index is 12.4. The van der Waals surface area contributed by atoms with Crippen LogP contribution in [0, 0.1) is 17.0 Å². The first-order valence-electron chi connectivity index (χ1n) is 7.07. The maximum atomic E-state index is 12.4. The lowest BCUT2D eigenvalue weighted by Gasteiger charge is -2.09. The minimum atomic E-state index is -0.471. The fourth-order valence-electron chi connectivity index (χ4n) is 2.39. The minimum absolute atomic E-state index is 0.0335. The molecule has 0 amide bonds. The van der Waals surface area contributed by atoms with Crippen LogP contribution < -0.4 is 5.56 Å². The van der Waals surface area contributed by atoms with Gasteiger partial charge >= 0.3 is 0 Å². The molecule has 7 heteroatoms. The SMILES string of the molecule is Cc1nn(-c2ccc(Cl)cc2)c(=O)cc1-c1cccc([N+](=O)[O-])c1. The van der Waals surface area contributed by atoms with E-state index < -0.39 is 4.92 Å². The zero-order chi connectivity index (χ0) is 17.3. The molecule has 0 radical (unpaired) electrons. The van der Waals surface area contributed by atoms with Crippen LogP contribution in [0.25, 0.3) is 16.8 Å². The molecule has 0 saturated carbocycles. The Hall–Kier alpha value is -2.99. The number of nitro benzene ring substituents is 1. The number of nitrogens with zero attached hydrogens (tertiary/aromatic N) is 3. The Morgan fingerprint density at radius 3 is 2.50 bits per heavy atom. The average Bonchev–Trinajstić information content (AvgIpc) is 2.57. The normalized spacial score (nSPS) is 10.6. The van der Waals surface area contributed by atoms with E-state index in [9.17, 15) is 14.9 Å². The first-order chi connectivity index (χ1) is 11.5. The fourth-order valence-corrected chi connectivity index (χ4v) is 2.51. The first kappa shape index (κ1) is 15.9. The molecule has 0 saturated heterocycles. The van der Waals surface area contributed by atoms with Gasteiger partial charge < -0.3 is 0 Å². The second kappa shape index (κ2) is 6.25. The molecule has 3 aromatic rings. The molecule has 0 N–H and O–H groups in total. The highest BCUT2D eigenvalue weighted by atomic mass is 35.5. The standard InChI is InChI=1S/C17H12ClN3O3/c1-11-16(12-3-2-4-15(9-12)21(23)24)10-17(22)20(19-11)14-7-5-13(18)6-8-14/h2-10H,1H3. The number of aryl methyl sites for hydroxylation is 1. The molecule has 6 nitrogen and oxygen atoms in total. The van der Waals surface area contributed by atoms with Crippen LogP contribution in [0.1, 0.15) is 5.69 Å². The third-order valence-electron chi connectivity index (χ3n) is 3.56. The summed E-state index contributed by atoms with van der Waals surface area (Å²) in [5, 5.41) is 15.8. The van der Waals surface area contributed by atoms with Gasteiger partial charge in [0, 0.05) is 28.8 Å². The third kappa shape index (κ3) is 3.04. The van der Waals surface area contributed by atoms with Gasteiger partial charge in [-0.3, -0.25) is 14.9 Å². The van der Waals surface area contributed by atoms with Gasteiger partial charge in [0.1, 0.15) is 0 Å². The highest BCUT2D eigenvalue weighted by molar-refractivity contribution is 6.30. The van der Waals surface area contributed by atoms with Gasteiger partial charge in [-0.2, -0.15) is 9.78 Å². The summed E-state index contributed by atoms with van der Waals surface area (Å²) in [6, 6.07) is 14.3. The Morgan fingerprint density at radius 1 is 1.12 bits per heavy atom. The number of halogens is 1. The number of non-ortho nitro benzene ring substituents is 1. The Balaban J connectivity index is 2.11. The van der Waals surface area contributed by atoms with E-state index in [-0.39, 0.29) is 11.2 Å². The number of aromatic nitrogens is 2. The minimum Gasteiger partial charge on any atom is -0.267 e. The monoisotopic (exact) mass is 341 g/mol. The van der Waals surface area contributed by atoms with Gasteiger partial charge in [-0.1, -0.05) is 23.7 Å². The van der Waals surface area contributed by atoms with Crippen molar-refractivity contribution in [2.24, 2.45) is 0 Å². The number of nitro groups is 1. The highest BCUT2D eigenvalue weighted by Crippen LogP contribution is 2.25. The predicted octanol–water partition coefficient (Wildman–Crippen LogP) is 3.77. The van der Waals surface area contributed by atoms with Crippen molar-refractivity contribution in [1.82, 2.24) is 9.78 Å². The van der Waals surface area contributed by atoms with Crippen molar-refractivity contribution in [3.8, 4) is 16.8 Å². The number of hydrogen-bond acceptors (Lipinski definition) is 4. The summed E-state index contributed by atoms with van der Waals surface area (Å²) in [4.78, 5) is 22.8. The van der Waals surface area contributed by atoms with Gasteiger partial charge in [-0.15, -0.1) is 0 Å². The van der Waals surface area contributed by atoms with E-state index in [4.69, 9.17) is 11.6 Å². The van der Waals surface area contributed by atoms with Gasteiger partial charge in [-0.05, 0) is 36.8 Å². The molecule has 0 aliphatic carbocycles. The Kier molecular flexibility index (Phi) is 4.14. The summed E-state index contributed by atoms with van der Waals surface area (Å²) < 4.78 is 1.27. The molecule has 120 valence electrons. The summed E-state index contributed by atoms with van der Waals surface area (Å²) in [7, 11) is 0. The molecule has 24 heavy (non-hydrogen) atoms. The Labute approximate surface area is 142 Å². The average molecular weight is 342 g/mol. The van der Waals surface area contributed by atoms with Crippen molar-refractivity contribution in [3.63, 3.8) is 0 Å². The summed E-state index contributed by atoms with van der Waals surface area (Å²) in [6.07, 6.45) is 0. The van der Waals surface area contributed by atoms with Crippen LogP contribution in [0.3, 0.4) is 0 Å². The van der Waals surface area contributed by atoms with E-state index in [0.717, 1.165) is 0 Å². The fraction of sp³-hybridized carbons (Fsp3) is 0.0588. The highest BCUT2D eigenvalue weighted by Gasteiger charge is 2.12. The summed E-state index contributed by atoms with van der Waals surface area (Å²) >= 11 is 5.85. The zero-order valence-corrected chi connectivity index (χ0v) is 13.4. The van der Waals surface area contributed by atoms with E-state index >= 15 is 0 Å². The van der Waals surface area contributed by atoms with E-state index in [1.54, 1.807) is 43.3 Å². The second-order valence-electron chi connectivity index (χ2n) is 5.18. The Bertz CT molecular complexity index is 981. The zero-order valence-electron chi connectivity index (χ0n) is 12.6. The number of benzene rings is 2. The van der Waals surface area contributed by atoms with Gasteiger partial charge in [0.05, 0.1) is 16.3 Å². The molecule has 0 bridgehead atoms. The molecule has 0 aliphatic rings. The largest absolute Gasteiger partial charge is 0.272 e. The number of hydrogen-bond donors (Lipinski definition) is 0. The van der Waals surface area contributed by atoms with Gasteiger partial charge in [0.15, 0.2) is 0 Å². The van der Waals surface area contributed by atoms with Crippen molar-refractivity contribution in [1.29, 1.82) is 0 Å². The summed E-state index contributed by atoms with van der Waals surface area (Å²) in [6.45, 7) is 1.75. The topological polar surface area (TPSA) is 78.0 Å². The van der Waals surface area contributed by atoms with Crippen LogP contribution in [0.2, 0.25) is 5.02 Å². The summed E-state index contributed by atoms with van der Waals surface area (Å²) in [5.41, 5.74) is 1.96. The molecule has 0 atom stereocenters. The third-order valence-corrected chi connectivity index (χ3v) is 3.81. The molecule has 0 spiro atoms. The number of rotatable bonds is 3. The summed E-state index contributed by atoms with van der Waals surface area (Å²) in [5.74, 6) is 0. The molecule has 2 aromatic carbocycles. The van der Waals surface area contributed by atoms with E-state index in [2.05, 4.69) is 5.10 Å². The van der Waals surface area contributed by atoms with Crippen molar-refractivity contribution < 1.29 is 4.92 Å². The van der Waals surface area contributed by atoms with Crippen LogP contribution in [0.5, 0.6) is 0 Å². The maximum Gasteiger partial charge on any atom is 0.272 e. The molecule has 1 heterocycles. The van der Waals surface area contributed by atoms with Crippen LogP contribution >= 0.6 is 11.6 Å².